The zero-order valence-corrected chi connectivity index (χ0v) is 12.7. The first kappa shape index (κ1) is 15.1. The van der Waals surface area contributed by atoms with Gasteiger partial charge in [-0.3, -0.25) is 4.79 Å². The van der Waals surface area contributed by atoms with Gasteiger partial charge in [-0.2, -0.15) is 0 Å². The second-order valence-corrected chi connectivity index (χ2v) is 5.27. The molecule has 2 aromatic carbocycles. The van der Waals surface area contributed by atoms with E-state index in [4.69, 9.17) is 4.74 Å². The third-order valence-corrected chi connectivity index (χ3v) is 3.76. The van der Waals surface area contributed by atoms with Crippen LogP contribution in [-0.2, 0) is 17.8 Å². The second-order valence-electron chi connectivity index (χ2n) is 5.27. The highest BCUT2D eigenvalue weighted by atomic mass is 19.1. The summed E-state index contributed by atoms with van der Waals surface area (Å²) < 4.78 is 18.8. The first-order chi connectivity index (χ1) is 11.2. The molecule has 23 heavy (non-hydrogen) atoms. The van der Waals surface area contributed by atoms with Crippen molar-refractivity contribution in [3.8, 4) is 5.75 Å². The van der Waals surface area contributed by atoms with Crippen molar-refractivity contribution in [2.45, 2.75) is 13.0 Å². The van der Waals surface area contributed by atoms with Gasteiger partial charge in [0.15, 0.2) is 0 Å². The summed E-state index contributed by atoms with van der Waals surface area (Å²) in [5.74, 6) is 0.270. The molecule has 0 saturated heterocycles. The number of rotatable bonds is 5. The topological polar surface area (TPSA) is 54.1 Å². The van der Waals surface area contributed by atoms with Gasteiger partial charge < -0.3 is 15.0 Å². The normalized spacial score (nSPS) is 10.7. The molecule has 3 rings (SSSR count). The average molecular weight is 312 g/mol. The van der Waals surface area contributed by atoms with E-state index in [0.717, 1.165) is 22.2 Å². The van der Waals surface area contributed by atoms with E-state index in [0.29, 0.717) is 5.56 Å². The molecule has 1 aromatic heterocycles. The minimum absolute atomic E-state index is 0.156. The maximum atomic E-state index is 13.5. The SMILES string of the molecule is COc1ccc2[nH]cc(CC(=O)NCc3ccccc3F)c2c1. The molecule has 1 heterocycles. The third kappa shape index (κ3) is 3.34. The van der Waals surface area contributed by atoms with Crippen LogP contribution >= 0.6 is 0 Å². The van der Waals surface area contributed by atoms with Gasteiger partial charge in [-0.1, -0.05) is 18.2 Å². The number of carbonyl (C=O) groups excluding carboxylic acids is 1. The maximum absolute atomic E-state index is 13.5. The van der Waals surface area contributed by atoms with Gasteiger partial charge in [0.1, 0.15) is 11.6 Å². The van der Waals surface area contributed by atoms with Crippen LogP contribution in [0.25, 0.3) is 10.9 Å². The summed E-state index contributed by atoms with van der Waals surface area (Å²) in [6.45, 7) is 0.178. The Labute approximate surface area is 133 Å². The molecule has 4 nitrogen and oxygen atoms in total. The molecule has 0 aliphatic rings. The number of fused-ring (bicyclic) bond motifs is 1. The van der Waals surface area contributed by atoms with Crippen LogP contribution in [0, 0.1) is 5.82 Å². The lowest BCUT2D eigenvalue weighted by Crippen LogP contribution is -2.24. The lowest BCUT2D eigenvalue weighted by molar-refractivity contribution is -0.120. The van der Waals surface area contributed by atoms with Crippen LogP contribution in [0.1, 0.15) is 11.1 Å². The van der Waals surface area contributed by atoms with E-state index in [9.17, 15) is 9.18 Å². The standard InChI is InChI=1S/C18H17FN2O2/c1-23-14-6-7-17-15(9-14)13(11-20-17)8-18(22)21-10-12-4-2-3-5-16(12)19/h2-7,9,11,20H,8,10H2,1H3,(H,21,22). The van der Waals surface area contributed by atoms with Gasteiger partial charge in [-0.25, -0.2) is 4.39 Å². The Morgan fingerprint density at radius 1 is 1.22 bits per heavy atom. The van der Waals surface area contributed by atoms with Crippen LogP contribution in [-0.4, -0.2) is 18.0 Å². The Bertz CT molecular complexity index is 842. The smallest absolute Gasteiger partial charge is 0.224 e. The quantitative estimate of drug-likeness (QED) is 0.760. The number of hydrogen-bond acceptors (Lipinski definition) is 2. The molecule has 0 saturated carbocycles. The molecule has 5 heteroatoms. The monoisotopic (exact) mass is 312 g/mol. The average Bonchev–Trinajstić information content (AvgIpc) is 2.96. The summed E-state index contributed by atoms with van der Waals surface area (Å²) in [6, 6.07) is 12.1. The van der Waals surface area contributed by atoms with E-state index in [1.807, 2.05) is 24.4 Å². The summed E-state index contributed by atoms with van der Waals surface area (Å²) in [4.78, 5) is 15.2. The Hall–Kier alpha value is -2.82. The van der Waals surface area contributed by atoms with Crippen LogP contribution in [0.4, 0.5) is 4.39 Å². The molecule has 0 spiro atoms. The van der Waals surface area contributed by atoms with Crippen LogP contribution in [0.2, 0.25) is 0 Å². The molecule has 1 amide bonds. The molecular formula is C18H17FN2O2. The van der Waals surface area contributed by atoms with Gasteiger partial charge in [-0.05, 0) is 29.8 Å². The summed E-state index contributed by atoms with van der Waals surface area (Å²) in [7, 11) is 1.61. The molecule has 3 aromatic rings. The molecular weight excluding hydrogens is 295 g/mol. The molecule has 0 unspecified atom stereocenters. The number of nitrogens with one attached hydrogen (secondary N) is 2. The molecule has 0 bridgehead atoms. The molecule has 0 aliphatic heterocycles. The third-order valence-electron chi connectivity index (χ3n) is 3.76. The van der Waals surface area contributed by atoms with Crippen molar-refractivity contribution in [2.75, 3.05) is 7.11 Å². The minimum Gasteiger partial charge on any atom is -0.497 e. The fourth-order valence-electron chi connectivity index (χ4n) is 2.50. The van der Waals surface area contributed by atoms with E-state index in [-0.39, 0.29) is 24.7 Å². The molecule has 0 fully saturated rings. The van der Waals surface area contributed by atoms with Crippen molar-refractivity contribution in [1.82, 2.24) is 10.3 Å². The number of amides is 1. The van der Waals surface area contributed by atoms with Crippen molar-refractivity contribution in [2.24, 2.45) is 0 Å². The van der Waals surface area contributed by atoms with Crippen molar-refractivity contribution >= 4 is 16.8 Å². The number of benzene rings is 2. The fraction of sp³-hybridized carbons (Fsp3) is 0.167. The highest BCUT2D eigenvalue weighted by Crippen LogP contribution is 2.23. The predicted molar refractivity (Wildman–Crippen MR) is 86.8 cm³/mol. The molecule has 0 radical (unpaired) electrons. The molecule has 0 atom stereocenters. The number of H-pyrrole nitrogens is 1. The Morgan fingerprint density at radius 3 is 2.83 bits per heavy atom. The van der Waals surface area contributed by atoms with E-state index < -0.39 is 0 Å². The lowest BCUT2D eigenvalue weighted by Gasteiger charge is -2.06. The van der Waals surface area contributed by atoms with Crippen molar-refractivity contribution in [1.29, 1.82) is 0 Å². The minimum atomic E-state index is -0.315. The number of carbonyl (C=O) groups is 1. The number of aromatic nitrogens is 1. The van der Waals surface area contributed by atoms with Gasteiger partial charge in [0.2, 0.25) is 5.91 Å². The van der Waals surface area contributed by atoms with E-state index in [1.54, 1.807) is 25.3 Å². The van der Waals surface area contributed by atoms with Crippen LogP contribution < -0.4 is 10.1 Å². The fourth-order valence-corrected chi connectivity index (χ4v) is 2.50. The Balaban J connectivity index is 1.69. The van der Waals surface area contributed by atoms with Crippen LogP contribution in [0.5, 0.6) is 5.75 Å². The van der Waals surface area contributed by atoms with Gasteiger partial charge in [-0.15, -0.1) is 0 Å². The highest BCUT2D eigenvalue weighted by molar-refractivity contribution is 5.89. The zero-order valence-electron chi connectivity index (χ0n) is 12.7. The van der Waals surface area contributed by atoms with Gasteiger partial charge in [0.05, 0.1) is 13.5 Å². The van der Waals surface area contributed by atoms with Crippen LogP contribution in [0.3, 0.4) is 0 Å². The maximum Gasteiger partial charge on any atom is 0.224 e. The molecule has 0 aliphatic carbocycles. The summed E-state index contributed by atoms with van der Waals surface area (Å²) >= 11 is 0. The molecule has 2 N–H and O–H groups in total. The lowest BCUT2D eigenvalue weighted by atomic mass is 10.1. The predicted octanol–water partition coefficient (Wildman–Crippen LogP) is 3.17. The van der Waals surface area contributed by atoms with Crippen molar-refractivity contribution < 1.29 is 13.9 Å². The van der Waals surface area contributed by atoms with Gasteiger partial charge in [0, 0.05) is 29.2 Å². The summed E-state index contributed by atoms with van der Waals surface area (Å²) in [6.07, 6.45) is 2.04. The Kier molecular flexibility index (Phi) is 4.28. The number of ether oxygens (including phenoxy) is 1. The van der Waals surface area contributed by atoms with Gasteiger partial charge in [0.25, 0.3) is 0 Å². The number of aromatic amines is 1. The van der Waals surface area contributed by atoms with Crippen LogP contribution in [0.15, 0.2) is 48.7 Å². The first-order valence-electron chi connectivity index (χ1n) is 7.31. The number of methoxy groups -OCH3 is 1. The number of hydrogen-bond donors (Lipinski definition) is 2. The van der Waals surface area contributed by atoms with E-state index in [2.05, 4.69) is 10.3 Å². The Morgan fingerprint density at radius 2 is 2.04 bits per heavy atom. The highest BCUT2D eigenvalue weighted by Gasteiger charge is 2.10. The molecule has 118 valence electrons. The largest absolute Gasteiger partial charge is 0.497 e. The van der Waals surface area contributed by atoms with Crippen molar-refractivity contribution in [3.63, 3.8) is 0 Å². The first-order valence-corrected chi connectivity index (χ1v) is 7.31. The van der Waals surface area contributed by atoms with Crippen molar-refractivity contribution in [3.05, 3.63) is 65.6 Å². The second kappa shape index (κ2) is 6.52. The van der Waals surface area contributed by atoms with Gasteiger partial charge >= 0.3 is 0 Å². The number of halogens is 1. The summed E-state index contributed by atoms with van der Waals surface area (Å²) in [5, 5.41) is 3.70. The van der Waals surface area contributed by atoms with E-state index >= 15 is 0 Å². The van der Waals surface area contributed by atoms with E-state index in [1.165, 1.54) is 6.07 Å². The zero-order chi connectivity index (χ0) is 16.2. The summed E-state index contributed by atoms with van der Waals surface area (Å²) in [5.41, 5.74) is 2.30.